The van der Waals surface area contributed by atoms with Crippen LogP contribution in [0.15, 0.2) is 29.4 Å². The normalized spacial score (nSPS) is 12.9. The predicted octanol–water partition coefficient (Wildman–Crippen LogP) is 1.70. The SMILES string of the molecule is C=C/C=C(\C=N/N)C(C)C. The first-order chi connectivity index (χ1) is 4.72. The Labute approximate surface area is 62.1 Å². The van der Waals surface area contributed by atoms with Crippen LogP contribution < -0.4 is 5.84 Å². The van der Waals surface area contributed by atoms with Crippen LogP contribution in [0.1, 0.15) is 13.8 Å². The van der Waals surface area contributed by atoms with E-state index < -0.39 is 0 Å². The van der Waals surface area contributed by atoms with Gasteiger partial charge < -0.3 is 5.84 Å². The molecule has 0 aromatic heterocycles. The van der Waals surface area contributed by atoms with Gasteiger partial charge in [0.1, 0.15) is 0 Å². The van der Waals surface area contributed by atoms with E-state index in [9.17, 15) is 0 Å². The second-order valence-corrected chi connectivity index (χ2v) is 2.34. The Bertz CT molecular complexity index is 155. The zero-order valence-corrected chi connectivity index (χ0v) is 6.54. The van der Waals surface area contributed by atoms with Gasteiger partial charge in [-0.3, -0.25) is 0 Å². The molecule has 0 atom stereocenters. The summed E-state index contributed by atoms with van der Waals surface area (Å²) in [5, 5.41) is 3.43. The lowest BCUT2D eigenvalue weighted by Crippen LogP contribution is -1.96. The molecule has 2 nitrogen and oxygen atoms in total. The van der Waals surface area contributed by atoms with E-state index in [1.54, 1.807) is 12.3 Å². The van der Waals surface area contributed by atoms with E-state index >= 15 is 0 Å². The third-order valence-electron chi connectivity index (χ3n) is 1.20. The van der Waals surface area contributed by atoms with Gasteiger partial charge in [0.2, 0.25) is 0 Å². The zero-order chi connectivity index (χ0) is 7.98. The summed E-state index contributed by atoms with van der Waals surface area (Å²) in [6.07, 6.45) is 5.28. The molecule has 0 aliphatic carbocycles. The van der Waals surface area contributed by atoms with E-state index in [1.807, 2.05) is 6.08 Å². The summed E-state index contributed by atoms with van der Waals surface area (Å²) in [7, 11) is 0. The lowest BCUT2D eigenvalue weighted by atomic mass is 10.0. The molecule has 0 saturated heterocycles. The molecule has 2 heteroatoms. The van der Waals surface area contributed by atoms with E-state index in [4.69, 9.17) is 5.84 Å². The summed E-state index contributed by atoms with van der Waals surface area (Å²) in [4.78, 5) is 0. The summed E-state index contributed by atoms with van der Waals surface area (Å²) >= 11 is 0. The molecule has 0 aliphatic heterocycles. The van der Waals surface area contributed by atoms with Crippen molar-refractivity contribution >= 4 is 6.21 Å². The molecule has 0 spiro atoms. The van der Waals surface area contributed by atoms with E-state index in [2.05, 4.69) is 25.5 Å². The number of rotatable bonds is 3. The number of hydrogen-bond acceptors (Lipinski definition) is 2. The van der Waals surface area contributed by atoms with Gasteiger partial charge in [-0.15, -0.1) is 0 Å². The maximum absolute atomic E-state index is 4.99. The standard InChI is InChI=1S/C8H14N2/c1-4-5-8(6-10-9)7(2)3/h4-7H,1,9H2,2-3H3/b8-5+,10-6-. The molecule has 0 fully saturated rings. The van der Waals surface area contributed by atoms with Gasteiger partial charge >= 0.3 is 0 Å². The van der Waals surface area contributed by atoms with Crippen molar-refractivity contribution in [2.24, 2.45) is 16.9 Å². The lowest BCUT2D eigenvalue weighted by Gasteiger charge is -2.02. The molecule has 0 unspecified atom stereocenters. The molecule has 0 rings (SSSR count). The topological polar surface area (TPSA) is 38.4 Å². The first-order valence-corrected chi connectivity index (χ1v) is 3.28. The zero-order valence-electron chi connectivity index (χ0n) is 6.54. The Hall–Kier alpha value is -1.05. The van der Waals surface area contributed by atoms with Crippen molar-refractivity contribution in [3.8, 4) is 0 Å². The van der Waals surface area contributed by atoms with Crippen LogP contribution in [0.25, 0.3) is 0 Å². The van der Waals surface area contributed by atoms with Crippen LogP contribution in [-0.2, 0) is 0 Å². The maximum Gasteiger partial charge on any atom is 0.0500 e. The van der Waals surface area contributed by atoms with Gasteiger partial charge in [-0.2, -0.15) is 5.10 Å². The molecule has 0 aliphatic rings. The molecule has 2 N–H and O–H groups in total. The minimum absolute atomic E-state index is 0.449. The van der Waals surface area contributed by atoms with E-state index in [-0.39, 0.29) is 0 Å². The monoisotopic (exact) mass is 138 g/mol. The third-order valence-corrected chi connectivity index (χ3v) is 1.20. The Morgan fingerprint density at radius 1 is 1.60 bits per heavy atom. The van der Waals surface area contributed by atoms with Gasteiger partial charge in [-0.05, 0) is 11.5 Å². The first-order valence-electron chi connectivity index (χ1n) is 3.28. The second-order valence-electron chi connectivity index (χ2n) is 2.34. The van der Waals surface area contributed by atoms with Crippen molar-refractivity contribution in [2.75, 3.05) is 0 Å². The molecule has 0 bridgehead atoms. The molecule has 0 saturated carbocycles. The summed E-state index contributed by atoms with van der Waals surface area (Å²) in [6.45, 7) is 7.75. The highest BCUT2D eigenvalue weighted by molar-refractivity contribution is 5.79. The van der Waals surface area contributed by atoms with Crippen LogP contribution in [0.4, 0.5) is 0 Å². The van der Waals surface area contributed by atoms with Gasteiger partial charge in [-0.25, -0.2) is 0 Å². The number of hydrazone groups is 1. The van der Waals surface area contributed by atoms with Crippen molar-refractivity contribution in [1.82, 2.24) is 0 Å². The minimum Gasteiger partial charge on any atom is -0.323 e. The summed E-state index contributed by atoms with van der Waals surface area (Å²) in [5.74, 6) is 5.44. The number of hydrogen-bond donors (Lipinski definition) is 1. The Morgan fingerprint density at radius 3 is 2.50 bits per heavy atom. The molecule has 0 heterocycles. The number of allylic oxidation sites excluding steroid dienone is 3. The molecule has 56 valence electrons. The molecule has 10 heavy (non-hydrogen) atoms. The molecular weight excluding hydrogens is 124 g/mol. The average molecular weight is 138 g/mol. The van der Waals surface area contributed by atoms with Crippen LogP contribution in [0.3, 0.4) is 0 Å². The van der Waals surface area contributed by atoms with Gasteiger partial charge in [-0.1, -0.05) is 32.6 Å². The van der Waals surface area contributed by atoms with Gasteiger partial charge in [0.05, 0.1) is 0 Å². The third kappa shape index (κ3) is 3.07. The second kappa shape index (κ2) is 4.79. The van der Waals surface area contributed by atoms with E-state index in [0.29, 0.717) is 5.92 Å². The molecule has 0 radical (unpaired) electrons. The number of nitrogens with zero attached hydrogens (tertiary/aromatic N) is 1. The van der Waals surface area contributed by atoms with Crippen LogP contribution in [-0.4, -0.2) is 6.21 Å². The molecule has 0 aromatic rings. The van der Waals surface area contributed by atoms with Crippen LogP contribution >= 0.6 is 0 Å². The Kier molecular flexibility index (Phi) is 4.29. The molecular formula is C8H14N2. The smallest absolute Gasteiger partial charge is 0.0500 e. The number of nitrogens with two attached hydrogens (primary N) is 1. The van der Waals surface area contributed by atoms with Crippen molar-refractivity contribution in [3.63, 3.8) is 0 Å². The summed E-state index contributed by atoms with van der Waals surface area (Å²) < 4.78 is 0. The van der Waals surface area contributed by atoms with Crippen molar-refractivity contribution < 1.29 is 0 Å². The highest BCUT2D eigenvalue weighted by atomic mass is 15.1. The minimum atomic E-state index is 0.449. The highest BCUT2D eigenvalue weighted by Gasteiger charge is 1.96. The van der Waals surface area contributed by atoms with Crippen LogP contribution in [0.2, 0.25) is 0 Å². The lowest BCUT2D eigenvalue weighted by molar-refractivity contribution is 0.806. The van der Waals surface area contributed by atoms with Gasteiger partial charge in [0.15, 0.2) is 0 Å². The van der Waals surface area contributed by atoms with E-state index in [0.717, 1.165) is 5.57 Å². The average Bonchev–Trinajstić information content (AvgIpc) is 1.87. The van der Waals surface area contributed by atoms with Crippen molar-refractivity contribution in [2.45, 2.75) is 13.8 Å². The Morgan fingerprint density at radius 2 is 2.20 bits per heavy atom. The Balaban J connectivity index is 4.25. The van der Waals surface area contributed by atoms with Crippen molar-refractivity contribution in [1.29, 1.82) is 0 Å². The largest absolute Gasteiger partial charge is 0.323 e. The predicted molar refractivity (Wildman–Crippen MR) is 45.8 cm³/mol. The fourth-order valence-electron chi connectivity index (χ4n) is 0.607. The van der Waals surface area contributed by atoms with Crippen molar-refractivity contribution in [3.05, 3.63) is 24.3 Å². The fraction of sp³-hybridized carbons (Fsp3) is 0.375. The fourth-order valence-corrected chi connectivity index (χ4v) is 0.607. The molecule has 0 aromatic carbocycles. The summed E-state index contributed by atoms with van der Waals surface area (Å²) in [5.41, 5.74) is 1.09. The quantitative estimate of drug-likeness (QED) is 0.274. The molecule has 0 amide bonds. The maximum atomic E-state index is 4.99. The van der Waals surface area contributed by atoms with Gasteiger partial charge in [0.25, 0.3) is 0 Å². The van der Waals surface area contributed by atoms with Gasteiger partial charge in [0, 0.05) is 6.21 Å². The first kappa shape index (κ1) is 8.95. The summed E-state index contributed by atoms with van der Waals surface area (Å²) in [6, 6.07) is 0. The van der Waals surface area contributed by atoms with E-state index in [1.165, 1.54) is 0 Å². The highest BCUT2D eigenvalue weighted by Crippen LogP contribution is 2.05. The van der Waals surface area contributed by atoms with Crippen LogP contribution in [0.5, 0.6) is 0 Å². The van der Waals surface area contributed by atoms with Crippen LogP contribution in [0, 0.1) is 5.92 Å².